The predicted molar refractivity (Wildman–Crippen MR) is 97.4 cm³/mol. The van der Waals surface area contributed by atoms with Crippen LogP contribution in [-0.4, -0.2) is 48.7 Å². The topological polar surface area (TPSA) is 79.2 Å². The molecule has 1 aliphatic rings. The smallest absolute Gasteiger partial charge is 0.167 e. The van der Waals surface area contributed by atoms with Crippen molar-refractivity contribution >= 4 is 5.78 Å². The largest absolute Gasteiger partial charge is 0.504 e. The molecule has 3 rings (SSSR count). The van der Waals surface area contributed by atoms with E-state index in [1.165, 1.54) is 12.1 Å². The SMILES string of the molecule is COc1ccc2c(c1OC)CN(C)CCc1cc(O)c(O)cc1C(=O)C2. The van der Waals surface area contributed by atoms with E-state index in [0.717, 1.165) is 16.7 Å². The van der Waals surface area contributed by atoms with Gasteiger partial charge in [-0.1, -0.05) is 6.07 Å². The lowest BCUT2D eigenvalue weighted by molar-refractivity contribution is 0.0990. The molecule has 26 heavy (non-hydrogen) atoms. The molecule has 0 saturated carbocycles. The number of likely N-dealkylation sites (N-methyl/N-ethyl adjacent to an activating group) is 1. The van der Waals surface area contributed by atoms with Gasteiger partial charge in [-0.2, -0.15) is 0 Å². The second-order valence-electron chi connectivity index (χ2n) is 6.52. The monoisotopic (exact) mass is 357 g/mol. The van der Waals surface area contributed by atoms with Crippen LogP contribution in [0, 0.1) is 0 Å². The molecule has 0 spiro atoms. The molecule has 1 aliphatic heterocycles. The average Bonchev–Trinajstić information content (AvgIpc) is 2.62. The second-order valence-corrected chi connectivity index (χ2v) is 6.52. The number of carbonyl (C=O) groups excluding carboxylic acids is 1. The Kier molecular flexibility index (Phi) is 5.04. The van der Waals surface area contributed by atoms with Crippen molar-refractivity contribution in [2.75, 3.05) is 27.8 Å². The highest BCUT2D eigenvalue weighted by Crippen LogP contribution is 2.36. The number of phenols is 2. The van der Waals surface area contributed by atoms with E-state index in [1.54, 1.807) is 20.3 Å². The van der Waals surface area contributed by atoms with E-state index in [-0.39, 0.29) is 23.7 Å². The third kappa shape index (κ3) is 3.32. The van der Waals surface area contributed by atoms with Crippen LogP contribution >= 0.6 is 0 Å². The number of methoxy groups -OCH3 is 2. The zero-order valence-electron chi connectivity index (χ0n) is 15.2. The van der Waals surface area contributed by atoms with Gasteiger partial charge in [-0.05, 0) is 42.8 Å². The summed E-state index contributed by atoms with van der Waals surface area (Å²) in [5.41, 5.74) is 2.96. The summed E-state index contributed by atoms with van der Waals surface area (Å²) in [5, 5.41) is 19.6. The van der Waals surface area contributed by atoms with Crippen LogP contribution in [0.4, 0.5) is 0 Å². The van der Waals surface area contributed by atoms with Crippen LogP contribution in [0.2, 0.25) is 0 Å². The Morgan fingerprint density at radius 3 is 2.46 bits per heavy atom. The van der Waals surface area contributed by atoms with Crippen molar-refractivity contribution in [3.05, 3.63) is 46.5 Å². The molecular formula is C20H23NO5. The molecule has 2 aromatic carbocycles. The summed E-state index contributed by atoms with van der Waals surface area (Å²) in [5.74, 6) is 0.678. The second kappa shape index (κ2) is 7.25. The van der Waals surface area contributed by atoms with Crippen LogP contribution in [-0.2, 0) is 19.4 Å². The first-order valence-corrected chi connectivity index (χ1v) is 8.44. The first-order valence-electron chi connectivity index (χ1n) is 8.44. The van der Waals surface area contributed by atoms with Crippen molar-refractivity contribution in [3.8, 4) is 23.0 Å². The average molecular weight is 357 g/mol. The fraction of sp³-hybridized carbons (Fsp3) is 0.350. The number of aromatic hydroxyl groups is 2. The van der Waals surface area contributed by atoms with Crippen LogP contribution in [0.3, 0.4) is 0 Å². The van der Waals surface area contributed by atoms with Crippen molar-refractivity contribution < 1.29 is 24.5 Å². The van der Waals surface area contributed by atoms with Crippen molar-refractivity contribution in [1.82, 2.24) is 4.90 Å². The third-order valence-corrected chi connectivity index (χ3v) is 4.79. The predicted octanol–water partition coefficient (Wildman–Crippen LogP) is 2.53. The van der Waals surface area contributed by atoms with Gasteiger partial charge < -0.3 is 24.6 Å². The van der Waals surface area contributed by atoms with E-state index in [9.17, 15) is 15.0 Å². The number of ketones is 1. The highest BCUT2D eigenvalue weighted by atomic mass is 16.5. The molecule has 0 radical (unpaired) electrons. The lowest BCUT2D eigenvalue weighted by Crippen LogP contribution is -2.24. The molecule has 6 nitrogen and oxygen atoms in total. The van der Waals surface area contributed by atoms with E-state index in [2.05, 4.69) is 4.90 Å². The van der Waals surface area contributed by atoms with Crippen LogP contribution < -0.4 is 9.47 Å². The number of fused-ring (bicyclic) bond motifs is 2. The molecule has 2 N–H and O–H groups in total. The standard InChI is InChI=1S/C20H23NO5/c1-21-7-6-13-9-17(23)18(24)10-14(13)16(22)8-12-4-5-19(25-2)20(26-3)15(12)11-21/h4-5,9-10,23-24H,6-8,11H2,1-3H3. The van der Waals surface area contributed by atoms with Gasteiger partial charge in [-0.15, -0.1) is 0 Å². The molecule has 0 atom stereocenters. The summed E-state index contributed by atoms with van der Waals surface area (Å²) >= 11 is 0. The molecule has 138 valence electrons. The van der Waals surface area contributed by atoms with Gasteiger partial charge in [-0.3, -0.25) is 4.79 Å². The van der Waals surface area contributed by atoms with Crippen molar-refractivity contribution in [2.24, 2.45) is 0 Å². The Balaban J connectivity index is 2.12. The van der Waals surface area contributed by atoms with Gasteiger partial charge in [0.2, 0.25) is 0 Å². The highest BCUT2D eigenvalue weighted by Gasteiger charge is 2.23. The van der Waals surface area contributed by atoms with Gasteiger partial charge in [0.05, 0.1) is 14.2 Å². The van der Waals surface area contributed by atoms with E-state index < -0.39 is 0 Å². The Labute approximate surface area is 152 Å². The number of phenolic OH excluding ortho intramolecular Hbond substituents is 2. The minimum atomic E-state index is -0.282. The molecule has 0 fully saturated rings. The summed E-state index contributed by atoms with van der Waals surface area (Å²) in [6.07, 6.45) is 0.772. The number of Topliss-reactive ketones (excluding diaryl/α,β-unsaturated/α-hetero) is 1. The van der Waals surface area contributed by atoms with Crippen molar-refractivity contribution in [1.29, 1.82) is 0 Å². The fourth-order valence-electron chi connectivity index (χ4n) is 3.39. The molecule has 0 saturated heterocycles. The quantitative estimate of drug-likeness (QED) is 0.804. The Bertz CT molecular complexity index is 847. The lowest BCUT2D eigenvalue weighted by atomic mass is 9.92. The molecule has 0 bridgehead atoms. The van der Waals surface area contributed by atoms with Gasteiger partial charge in [0.25, 0.3) is 0 Å². The van der Waals surface area contributed by atoms with Gasteiger partial charge >= 0.3 is 0 Å². The van der Waals surface area contributed by atoms with Gasteiger partial charge in [-0.25, -0.2) is 0 Å². The summed E-state index contributed by atoms with van der Waals surface area (Å²) in [6, 6.07) is 6.51. The maximum atomic E-state index is 12.9. The first kappa shape index (κ1) is 18.1. The van der Waals surface area contributed by atoms with Crippen LogP contribution in [0.1, 0.15) is 27.0 Å². The van der Waals surface area contributed by atoms with Crippen molar-refractivity contribution in [3.63, 3.8) is 0 Å². The van der Waals surface area contributed by atoms with Gasteiger partial charge in [0.1, 0.15) is 0 Å². The number of nitrogens with zero attached hydrogens (tertiary/aromatic N) is 1. The van der Waals surface area contributed by atoms with E-state index in [0.29, 0.717) is 36.6 Å². The molecule has 1 heterocycles. The number of ether oxygens (including phenoxy) is 2. The minimum absolute atomic E-state index is 0.103. The Morgan fingerprint density at radius 2 is 1.77 bits per heavy atom. The zero-order valence-corrected chi connectivity index (χ0v) is 15.2. The maximum absolute atomic E-state index is 12.9. The van der Waals surface area contributed by atoms with Gasteiger partial charge in [0.15, 0.2) is 28.8 Å². The third-order valence-electron chi connectivity index (χ3n) is 4.79. The Hall–Kier alpha value is -2.73. The van der Waals surface area contributed by atoms with Crippen LogP contribution in [0.5, 0.6) is 23.0 Å². The number of rotatable bonds is 2. The maximum Gasteiger partial charge on any atom is 0.167 e. The van der Waals surface area contributed by atoms with Crippen molar-refractivity contribution in [2.45, 2.75) is 19.4 Å². The van der Waals surface area contributed by atoms with Crippen LogP contribution in [0.15, 0.2) is 24.3 Å². The molecule has 0 unspecified atom stereocenters. The molecule has 2 aromatic rings. The summed E-state index contributed by atoms with van der Waals surface area (Å²) in [6.45, 7) is 1.30. The molecule has 0 amide bonds. The number of benzene rings is 2. The molecule has 0 aliphatic carbocycles. The lowest BCUT2D eigenvalue weighted by Gasteiger charge is -2.24. The van der Waals surface area contributed by atoms with E-state index >= 15 is 0 Å². The minimum Gasteiger partial charge on any atom is -0.504 e. The molecule has 0 aromatic heterocycles. The summed E-state index contributed by atoms with van der Waals surface area (Å²) < 4.78 is 10.9. The number of hydrogen-bond acceptors (Lipinski definition) is 6. The highest BCUT2D eigenvalue weighted by molar-refractivity contribution is 5.99. The van der Waals surface area contributed by atoms with E-state index in [4.69, 9.17) is 9.47 Å². The normalized spacial score (nSPS) is 15.1. The zero-order chi connectivity index (χ0) is 18.8. The van der Waals surface area contributed by atoms with E-state index in [1.807, 2.05) is 13.1 Å². The fourth-order valence-corrected chi connectivity index (χ4v) is 3.39. The Morgan fingerprint density at radius 1 is 1.04 bits per heavy atom. The molecular weight excluding hydrogens is 334 g/mol. The first-order chi connectivity index (χ1) is 12.4. The number of carbonyl (C=O) groups is 1. The number of hydrogen-bond donors (Lipinski definition) is 2. The summed E-state index contributed by atoms with van der Waals surface area (Å²) in [7, 11) is 5.17. The van der Waals surface area contributed by atoms with Crippen LogP contribution in [0.25, 0.3) is 0 Å². The summed E-state index contributed by atoms with van der Waals surface area (Å²) in [4.78, 5) is 15.0. The van der Waals surface area contributed by atoms with Gasteiger partial charge in [0, 0.05) is 30.6 Å². The molecule has 6 heteroatoms.